The molecule has 6 heteroatoms. The molecular formula is C7H13N5O. The van der Waals surface area contributed by atoms with Crippen LogP contribution in [0.1, 0.15) is 25.7 Å². The molecule has 0 aliphatic heterocycles. The highest BCUT2D eigenvalue weighted by Gasteiger charge is 2.08. The van der Waals surface area contributed by atoms with Gasteiger partial charge in [0, 0.05) is 6.04 Å². The van der Waals surface area contributed by atoms with E-state index < -0.39 is 0 Å². The molecule has 0 aromatic carbocycles. The van der Waals surface area contributed by atoms with E-state index in [1.165, 1.54) is 6.33 Å². The lowest BCUT2D eigenvalue weighted by Gasteiger charge is -2.07. The Morgan fingerprint density at radius 3 is 3.00 bits per heavy atom. The standard InChI is InChI=1S/C7H13N5O/c1-5(2)12-7(9-4-10-12)3-6(8)11-13/h4-5,13H,3H2,1-2H3,(H2,8,11). The lowest BCUT2D eigenvalue weighted by Crippen LogP contribution is -2.19. The lowest BCUT2D eigenvalue weighted by atomic mass is 10.3. The maximum absolute atomic E-state index is 8.37. The van der Waals surface area contributed by atoms with E-state index in [0.717, 1.165) is 0 Å². The van der Waals surface area contributed by atoms with Crippen molar-refractivity contribution in [2.45, 2.75) is 26.3 Å². The van der Waals surface area contributed by atoms with Gasteiger partial charge in [0.05, 0.1) is 6.42 Å². The number of nitrogens with zero attached hydrogens (tertiary/aromatic N) is 4. The van der Waals surface area contributed by atoms with Crippen LogP contribution in [0, 0.1) is 0 Å². The van der Waals surface area contributed by atoms with E-state index in [-0.39, 0.29) is 11.9 Å². The van der Waals surface area contributed by atoms with Crippen molar-refractivity contribution >= 4 is 5.84 Å². The highest BCUT2D eigenvalue weighted by Crippen LogP contribution is 2.05. The van der Waals surface area contributed by atoms with Gasteiger partial charge in [-0.2, -0.15) is 5.10 Å². The average molecular weight is 183 g/mol. The smallest absolute Gasteiger partial charge is 0.146 e. The zero-order chi connectivity index (χ0) is 9.84. The third-order valence-electron chi connectivity index (χ3n) is 1.60. The van der Waals surface area contributed by atoms with Crippen molar-refractivity contribution in [1.29, 1.82) is 0 Å². The molecule has 6 nitrogen and oxygen atoms in total. The second-order valence-corrected chi connectivity index (χ2v) is 2.98. The number of nitrogens with two attached hydrogens (primary N) is 1. The monoisotopic (exact) mass is 183 g/mol. The Labute approximate surface area is 76.1 Å². The lowest BCUT2D eigenvalue weighted by molar-refractivity contribution is 0.317. The van der Waals surface area contributed by atoms with E-state index in [1.54, 1.807) is 4.68 Å². The minimum Gasteiger partial charge on any atom is -0.409 e. The summed E-state index contributed by atoms with van der Waals surface area (Å²) in [4.78, 5) is 4.01. The van der Waals surface area contributed by atoms with E-state index in [9.17, 15) is 0 Å². The third kappa shape index (κ3) is 2.17. The molecule has 13 heavy (non-hydrogen) atoms. The minimum absolute atomic E-state index is 0.134. The highest BCUT2D eigenvalue weighted by molar-refractivity contribution is 5.81. The molecule has 0 fully saturated rings. The molecule has 0 amide bonds. The fourth-order valence-corrected chi connectivity index (χ4v) is 1.03. The van der Waals surface area contributed by atoms with Crippen molar-refractivity contribution in [3.63, 3.8) is 0 Å². The number of amidine groups is 1. The molecule has 0 aliphatic rings. The number of hydrogen-bond acceptors (Lipinski definition) is 4. The molecule has 0 saturated heterocycles. The van der Waals surface area contributed by atoms with Crippen LogP contribution in [0.2, 0.25) is 0 Å². The van der Waals surface area contributed by atoms with Crippen LogP contribution < -0.4 is 5.73 Å². The molecule has 3 N–H and O–H groups in total. The van der Waals surface area contributed by atoms with Gasteiger partial charge in [0.15, 0.2) is 0 Å². The molecule has 1 aromatic heterocycles. The molecule has 0 aliphatic carbocycles. The second-order valence-electron chi connectivity index (χ2n) is 2.98. The Morgan fingerprint density at radius 2 is 2.46 bits per heavy atom. The Kier molecular flexibility index (Phi) is 2.84. The molecule has 1 aromatic rings. The fourth-order valence-electron chi connectivity index (χ4n) is 1.03. The topological polar surface area (TPSA) is 89.3 Å². The Balaban J connectivity index is 2.82. The van der Waals surface area contributed by atoms with Gasteiger partial charge in [-0.15, -0.1) is 0 Å². The van der Waals surface area contributed by atoms with Crippen LogP contribution >= 0.6 is 0 Å². The normalized spacial score (nSPS) is 12.4. The van der Waals surface area contributed by atoms with Crippen LogP contribution in [0.3, 0.4) is 0 Å². The van der Waals surface area contributed by atoms with E-state index in [2.05, 4.69) is 15.2 Å². The van der Waals surface area contributed by atoms with Crippen molar-refractivity contribution in [2.75, 3.05) is 0 Å². The number of aromatic nitrogens is 3. The van der Waals surface area contributed by atoms with Gasteiger partial charge in [0.2, 0.25) is 0 Å². The summed E-state index contributed by atoms with van der Waals surface area (Å²) in [6.07, 6.45) is 1.77. The maximum Gasteiger partial charge on any atom is 0.146 e. The Bertz CT molecular complexity index is 304. The predicted molar refractivity (Wildman–Crippen MR) is 47.5 cm³/mol. The minimum atomic E-state index is 0.134. The summed E-state index contributed by atoms with van der Waals surface area (Å²) >= 11 is 0. The molecule has 0 bridgehead atoms. The molecule has 0 unspecified atom stereocenters. The molecule has 72 valence electrons. The van der Waals surface area contributed by atoms with Crippen molar-refractivity contribution in [3.05, 3.63) is 12.2 Å². The zero-order valence-corrected chi connectivity index (χ0v) is 7.68. The second kappa shape index (κ2) is 3.88. The molecular weight excluding hydrogens is 170 g/mol. The highest BCUT2D eigenvalue weighted by atomic mass is 16.4. The molecule has 1 rings (SSSR count). The van der Waals surface area contributed by atoms with Gasteiger partial charge < -0.3 is 10.9 Å². The van der Waals surface area contributed by atoms with Crippen LogP contribution in [0.4, 0.5) is 0 Å². The largest absolute Gasteiger partial charge is 0.409 e. The zero-order valence-electron chi connectivity index (χ0n) is 7.68. The van der Waals surface area contributed by atoms with Crippen LogP contribution in [0.25, 0.3) is 0 Å². The van der Waals surface area contributed by atoms with E-state index >= 15 is 0 Å². The van der Waals surface area contributed by atoms with E-state index in [1.807, 2.05) is 13.8 Å². The fraction of sp³-hybridized carbons (Fsp3) is 0.571. The molecule has 0 saturated carbocycles. The number of hydrogen-bond donors (Lipinski definition) is 2. The maximum atomic E-state index is 8.37. The molecule has 1 heterocycles. The van der Waals surface area contributed by atoms with Gasteiger partial charge in [-0.3, -0.25) is 0 Å². The first kappa shape index (κ1) is 9.50. The quantitative estimate of drug-likeness (QED) is 0.302. The van der Waals surface area contributed by atoms with Crippen LogP contribution in [0.15, 0.2) is 11.5 Å². The third-order valence-corrected chi connectivity index (χ3v) is 1.60. The van der Waals surface area contributed by atoms with E-state index in [4.69, 9.17) is 10.9 Å². The van der Waals surface area contributed by atoms with Gasteiger partial charge in [-0.05, 0) is 13.8 Å². The van der Waals surface area contributed by atoms with Gasteiger partial charge in [0.25, 0.3) is 0 Å². The summed E-state index contributed by atoms with van der Waals surface area (Å²) in [7, 11) is 0. The summed E-state index contributed by atoms with van der Waals surface area (Å²) < 4.78 is 1.73. The molecule has 0 spiro atoms. The molecule has 0 atom stereocenters. The van der Waals surface area contributed by atoms with Gasteiger partial charge in [-0.25, -0.2) is 9.67 Å². The van der Waals surface area contributed by atoms with Crippen LogP contribution in [0.5, 0.6) is 0 Å². The summed E-state index contributed by atoms with van der Waals surface area (Å²) in [5, 5.41) is 15.3. The summed E-state index contributed by atoms with van der Waals surface area (Å²) in [5.74, 6) is 0.834. The van der Waals surface area contributed by atoms with E-state index in [0.29, 0.717) is 12.2 Å². The Morgan fingerprint density at radius 1 is 1.77 bits per heavy atom. The summed E-state index contributed by atoms with van der Waals surface area (Å²) in [6, 6.07) is 0.226. The first-order chi connectivity index (χ1) is 6.15. The van der Waals surface area contributed by atoms with Gasteiger partial charge >= 0.3 is 0 Å². The summed E-state index contributed by atoms with van der Waals surface area (Å²) in [5.41, 5.74) is 5.35. The van der Waals surface area contributed by atoms with Crippen molar-refractivity contribution in [1.82, 2.24) is 14.8 Å². The van der Waals surface area contributed by atoms with Crippen LogP contribution in [-0.2, 0) is 6.42 Å². The average Bonchev–Trinajstić information content (AvgIpc) is 2.52. The van der Waals surface area contributed by atoms with Crippen molar-refractivity contribution in [2.24, 2.45) is 10.9 Å². The van der Waals surface area contributed by atoms with Crippen LogP contribution in [-0.4, -0.2) is 25.8 Å². The predicted octanol–water partition coefficient (Wildman–Crippen LogP) is 0.148. The van der Waals surface area contributed by atoms with Crippen molar-refractivity contribution in [3.8, 4) is 0 Å². The van der Waals surface area contributed by atoms with Gasteiger partial charge in [-0.1, -0.05) is 5.16 Å². The molecule has 0 radical (unpaired) electrons. The number of oxime groups is 1. The van der Waals surface area contributed by atoms with Gasteiger partial charge in [0.1, 0.15) is 18.0 Å². The first-order valence-electron chi connectivity index (χ1n) is 4.00. The Hall–Kier alpha value is -1.59. The summed E-state index contributed by atoms with van der Waals surface area (Å²) in [6.45, 7) is 3.98. The number of rotatable bonds is 3. The SMILES string of the molecule is CC(C)n1ncnc1CC(N)=NO. The first-order valence-corrected chi connectivity index (χ1v) is 4.00. The van der Waals surface area contributed by atoms with Crippen molar-refractivity contribution < 1.29 is 5.21 Å².